The lowest BCUT2D eigenvalue weighted by Crippen LogP contribution is -2.54. The molecular weight excluding hydrogens is 410 g/mol. The summed E-state index contributed by atoms with van der Waals surface area (Å²) in [5.41, 5.74) is 0.158. The van der Waals surface area contributed by atoms with Crippen molar-refractivity contribution in [1.82, 2.24) is 20.1 Å². The fraction of sp³-hybridized carbons (Fsp3) is 0.609. The lowest BCUT2D eigenvalue weighted by Gasteiger charge is -2.37. The van der Waals surface area contributed by atoms with Gasteiger partial charge < -0.3 is 15.5 Å². The van der Waals surface area contributed by atoms with Gasteiger partial charge in [0.2, 0.25) is 11.8 Å². The van der Waals surface area contributed by atoms with Crippen LogP contribution in [0.3, 0.4) is 0 Å². The van der Waals surface area contributed by atoms with Gasteiger partial charge >= 0.3 is 6.03 Å². The molecule has 5 amide bonds. The van der Waals surface area contributed by atoms with Crippen molar-refractivity contribution in [2.24, 2.45) is 11.8 Å². The van der Waals surface area contributed by atoms with Crippen LogP contribution in [0, 0.1) is 18.8 Å². The normalized spacial score (nSPS) is 26.4. The van der Waals surface area contributed by atoms with Crippen LogP contribution in [0.5, 0.6) is 0 Å². The Kier molecular flexibility index (Phi) is 6.17. The van der Waals surface area contributed by atoms with Crippen LogP contribution >= 0.6 is 0 Å². The number of likely N-dealkylation sites (tertiary alicyclic amines) is 1. The summed E-state index contributed by atoms with van der Waals surface area (Å²) < 4.78 is 0. The third-order valence-electron chi connectivity index (χ3n) is 7.18. The highest BCUT2D eigenvalue weighted by Gasteiger charge is 2.55. The van der Waals surface area contributed by atoms with E-state index in [1.807, 2.05) is 26.0 Å². The molecule has 9 nitrogen and oxygen atoms in total. The predicted octanol–water partition coefficient (Wildman–Crippen LogP) is 2.07. The largest absolute Gasteiger partial charge is 0.341 e. The summed E-state index contributed by atoms with van der Waals surface area (Å²) in [6.45, 7) is 4.52. The number of amides is 5. The number of carbonyl (C=O) groups excluding carboxylic acids is 4. The number of urea groups is 1. The number of aromatic nitrogens is 1. The van der Waals surface area contributed by atoms with Crippen molar-refractivity contribution in [3.8, 4) is 0 Å². The molecule has 2 aliphatic heterocycles. The average Bonchev–Trinajstić information content (AvgIpc) is 3.01. The molecule has 0 radical (unpaired) electrons. The van der Waals surface area contributed by atoms with Crippen molar-refractivity contribution in [3.05, 3.63) is 23.9 Å². The summed E-state index contributed by atoms with van der Waals surface area (Å²) in [6, 6.07) is 3.20. The fourth-order valence-electron chi connectivity index (χ4n) is 5.10. The molecule has 0 aromatic carbocycles. The Morgan fingerprint density at radius 1 is 1.22 bits per heavy atom. The number of nitrogens with one attached hydrogen (secondary N) is 2. The lowest BCUT2D eigenvalue weighted by molar-refractivity contribution is -0.141. The van der Waals surface area contributed by atoms with E-state index in [1.54, 1.807) is 11.1 Å². The van der Waals surface area contributed by atoms with Gasteiger partial charge in [-0.25, -0.2) is 9.78 Å². The molecular formula is C23H31N5O4. The second kappa shape index (κ2) is 8.88. The maximum Gasteiger partial charge on any atom is 0.325 e. The number of piperidine rings is 1. The number of rotatable bonds is 4. The molecule has 3 heterocycles. The molecule has 1 aliphatic carbocycles. The minimum atomic E-state index is -0.857. The Morgan fingerprint density at radius 2 is 1.97 bits per heavy atom. The molecule has 32 heavy (non-hydrogen) atoms. The third kappa shape index (κ3) is 4.20. The molecule has 2 N–H and O–H groups in total. The molecule has 3 fully saturated rings. The minimum absolute atomic E-state index is 0.0601. The topological polar surface area (TPSA) is 112 Å². The van der Waals surface area contributed by atoms with E-state index >= 15 is 0 Å². The number of pyridine rings is 1. The summed E-state index contributed by atoms with van der Waals surface area (Å²) >= 11 is 0. The van der Waals surface area contributed by atoms with Gasteiger partial charge in [-0.2, -0.15) is 0 Å². The molecule has 9 heteroatoms. The highest BCUT2D eigenvalue weighted by Crippen LogP contribution is 2.38. The standard InChI is InChI=1S/C23H31N5O4/c1-15-6-10-24-18(13-15)25-20(30)17-7-11-27(12-8-17)19(29)14-28-21(31)23(26-22(28)32)9-4-3-5-16(23)2/h6,10,13,16-17H,3-5,7-9,11-12,14H2,1-2H3,(H,26,32)(H,24,25,30). The maximum absolute atomic E-state index is 13.1. The molecule has 1 aromatic heterocycles. The second-order valence-electron chi connectivity index (χ2n) is 9.30. The molecule has 0 bridgehead atoms. The molecule has 3 aliphatic rings. The van der Waals surface area contributed by atoms with E-state index in [0.717, 1.165) is 29.7 Å². The van der Waals surface area contributed by atoms with Crippen LogP contribution in [0.25, 0.3) is 0 Å². The number of aryl methyl sites for hydroxylation is 1. The summed E-state index contributed by atoms with van der Waals surface area (Å²) in [4.78, 5) is 57.9. The van der Waals surface area contributed by atoms with Gasteiger partial charge in [-0.05, 0) is 56.2 Å². The zero-order valence-electron chi connectivity index (χ0n) is 18.7. The van der Waals surface area contributed by atoms with E-state index in [1.165, 1.54) is 0 Å². The van der Waals surface area contributed by atoms with Crippen LogP contribution < -0.4 is 10.6 Å². The molecule has 4 rings (SSSR count). The van der Waals surface area contributed by atoms with Gasteiger partial charge in [0.1, 0.15) is 17.9 Å². The summed E-state index contributed by atoms with van der Waals surface area (Å²) in [5, 5.41) is 5.73. The predicted molar refractivity (Wildman–Crippen MR) is 118 cm³/mol. The smallest absolute Gasteiger partial charge is 0.325 e. The van der Waals surface area contributed by atoms with Gasteiger partial charge in [-0.1, -0.05) is 19.8 Å². The Labute approximate surface area is 187 Å². The monoisotopic (exact) mass is 441 g/mol. The van der Waals surface area contributed by atoms with Gasteiger partial charge in [-0.3, -0.25) is 19.3 Å². The van der Waals surface area contributed by atoms with Crippen LogP contribution in [-0.4, -0.2) is 63.7 Å². The summed E-state index contributed by atoms with van der Waals surface area (Å²) in [7, 11) is 0. The van der Waals surface area contributed by atoms with Crippen molar-refractivity contribution in [2.45, 2.75) is 57.9 Å². The van der Waals surface area contributed by atoms with Gasteiger partial charge in [0.25, 0.3) is 5.91 Å². The second-order valence-corrected chi connectivity index (χ2v) is 9.30. The number of imide groups is 1. The highest BCUT2D eigenvalue weighted by atomic mass is 16.2. The van der Waals surface area contributed by atoms with Crippen molar-refractivity contribution in [1.29, 1.82) is 0 Å². The molecule has 2 unspecified atom stereocenters. The van der Waals surface area contributed by atoms with Crippen LogP contribution in [0.1, 0.15) is 51.0 Å². The van der Waals surface area contributed by atoms with Crippen molar-refractivity contribution >= 4 is 29.6 Å². The van der Waals surface area contributed by atoms with Crippen molar-refractivity contribution < 1.29 is 19.2 Å². The average molecular weight is 442 g/mol. The molecule has 2 saturated heterocycles. The highest BCUT2D eigenvalue weighted by molar-refractivity contribution is 6.09. The van der Waals surface area contributed by atoms with Gasteiger partial charge in [0.15, 0.2) is 0 Å². The first kappa shape index (κ1) is 22.2. The van der Waals surface area contributed by atoms with E-state index in [-0.39, 0.29) is 36.1 Å². The van der Waals surface area contributed by atoms with Crippen molar-refractivity contribution in [3.63, 3.8) is 0 Å². The maximum atomic E-state index is 13.1. The number of anilines is 1. The van der Waals surface area contributed by atoms with Gasteiger partial charge in [0.05, 0.1) is 0 Å². The quantitative estimate of drug-likeness (QED) is 0.695. The van der Waals surface area contributed by atoms with Crippen LogP contribution in [-0.2, 0) is 14.4 Å². The molecule has 172 valence electrons. The minimum Gasteiger partial charge on any atom is -0.341 e. The van der Waals surface area contributed by atoms with E-state index in [2.05, 4.69) is 15.6 Å². The molecule has 1 spiro atoms. The first-order valence-electron chi connectivity index (χ1n) is 11.5. The first-order valence-corrected chi connectivity index (χ1v) is 11.5. The van der Waals surface area contributed by atoms with Crippen LogP contribution in [0.15, 0.2) is 18.3 Å². The van der Waals surface area contributed by atoms with Gasteiger partial charge in [0, 0.05) is 25.2 Å². The van der Waals surface area contributed by atoms with Gasteiger partial charge in [-0.15, -0.1) is 0 Å². The van der Waals surface area contributed by atoms with E-state index in [9.17, 15) is 19.2 Å². The lowest BCUT2D eigenvalue weighted by atomic mass is 9.73. The molecule has 2 atom stereocenters. The Hall–Kier alpha value is -2.97. The Morgan fingerprint density at radius 3 is 2.66 bits per heavy atom. The number of nitrogens with zero attached hydrogens (tertiary/aromatic N) is 3. The number of hydrogen-bond acceptors (Lipinski definition) is 5. The summed E-state index contributed by atoms with van der Waals surface area (Å²) in [6.07, 6.45) is 6.18. The molecule has 1 saturated carbocycles. The zero-order valence-corrected chi connectivity index (χ0v) is 18.7. The van der Waals surface area contributed by atoms with E-state index < -0.39 is 11.6 Å². The van der Waals surface area contributed by atoms with Crippen molar-refractivity contribution in [2.75, 3.05) is 25.0 Å². The van der Waals surface area contributed by atoms with E-state index in [0.29, 0.717) is 38.2 Å². The van der Waals surface area contributed by atoms with Crippen LogP contribution in [0.2, 0.25) is 0 Å². The third-order valence-corrected chi connectivity index (χ3v) is 7.18. The fourth-order valence-corrected chi connectivity index (χ4v) is 5.10. The Balaban J connectivity index is 1.30. The van der Waals surface area contributed by atoms with E-state index in [4.69, 9.17) is 0 Å². The number of carbonyl (C=O) groups is 4. The SMILES string of the molecule is Cc1ccnc(NC(=O)C2CCN(C(=O)CN3C(=O)NC4(CCCCC4C)C3=O)CC2)c1. The molecule has 1 aromatic rings. The zero-order chi connectivity index (χ0) is 22.9. The summed E-state index contributed by atoms with van der Waals surface area (Å²) in [5.74, 6) is -0.249. The Bertz CT molecular complexity index is 927. The number of hydrogen-bond donors (Lipinski definition) is 2. The van der Waals surface area contributed by atoms with Crippen LogP contribution in [0.4, 0.5) is 10.6 Å². The first-order chi connectivity index (χ1) is 15.3.